The summed E-state index contributed by atoms with van der Waals surface area (Å²) < 4.78 is 11.2. The van der Waals surface area contributed by atoms with Gasteiger partial charge >= 0.3 is 6.09 Å². The van der Waals surface area contributed by atoms with Crippen LogP contribution in [0, 0.1) is 12.8 Å². The van der Waals surface area contributed by atoms with E-state index in [0.717, 1.165) is 16.8 Å². The molecule has 1 aromatic heterocycles. The van der Waals surface area contributed by atoms with E-state index in [-0.39, 0.29) is 11.9 Å². The van der Waals surface area contributed by atoms with E-state index in [0.29, 0.717) is 18.1 Å². The van der Waals surface area contributed by atoms with E-state index in [1.807, 2.05) is 32.0 Å². The number of carbonyl (C=O) groups is 1. The van der Waals surface area contributed by atoms with Crippen LogP contribution in [-0.2, 0) is 4.74 Å². The minimum Gasteiger partial charge on any atom is -0.489 e. The normalized spacial score (nSPS) is 13.3. The number of halogens is 1. The Bertz CT molecular complexity index is 782. The molecule has 140 valence electrons. The molecule has 2 rings (SSSR count). The molecule has 0 aliphatic rings. The maximum Gasteiger partial charge on any atom is 0.405 e. The van der Waals surface area contributed by atoms with Crippen LogP contribution in [0.3, 0.4) is 0 Å². The van der Waals surface area contributed by atoms with Gasteiger partial charge in [0.1, 0.15) is 18.0 Å². The van der Waals surface area contributed by atoms with Gasteiger partial charge in [-0.15, -0.1) is 0 Å². The van der Waals surface area contributed by atoms with Gasteiger partial charge in [0.2, 0.25) is 5.28 Å². The smallest absolute Gasteiger partial charge is 0.405 e. The number of hydrogen-bond acceptors (Lipinski definition) is 5. The molecule has 1 aromatic carbocycles. The summed E-state index contributed by atoms with van der Waals surface area (Å²) in [4.78, 5) is 19.3. The van der Waals surface area contributed by atoms with Crippen LogP contribution in [0.25, 0.3) is 11.3 Å². The average Bonchev–Trinajstić information content (AvgIpc) is 2.52. The Morgan fingerprint density at radius 2 is 2.08 bits per heavy atom. The van der Waals surface area contributed by atoms with Crippen molar-refractivity contribution in [3.63, 3.8) is 0 Å². The highest BCUT2D eigenvalue weighted by molar-refractivity contribution is 6.28. The van der Waals surface area contributed by atoms with Crippen molar-refractivity contribution in [3.05, 3.63) is 41.3 Å². The lowest BCUT2D eigenvalue weighted by atomic mass is 9.95. The largest absolute Gasteiger partial charge is 0.489 e. The average molecular weight is 378 g/mol. The molecule has 1 atom stereocenters. The molecule has 0 fully saturated rings. The van der Waals surface area contributed by atoms with E-state index < -0.39 is 11.7 Å². The predicted molar refractivity (Wildman–Crippen MR) is 101 cm³/mol. The molecule has 6 nitrogen and oxygen atoms in total. The van der Waals surface area contributed by atoms with Gasteiger partial charge in [-0.3, -0.25) is 0 Å². The Hall–Kier alpha value is -2.34. The standard InChI is InChI=1S/C19H24ClN3O3/c1-12(2)10-19(4,26-18(21)24)11-25-16-6-5-14(9-13(16)3)15-7-8-22-17(20)23-15/h5-9,12H,10-11H2,1-4H3,(H2,21,24). The molecular weight excluding hydrogens is 354 g/mol. The third-order valence-electron chi connectivity index (χ3n) is 3.82. The maximum atomic E-state index is 11.2. The molecule has 0 spiro atoms. The van der Waals surface area contributed by atoms with Gasteiger partial charge in [-0.05, 0) is 67.6 Å². The van der Waals surface area contributed by atoms with Crippen molar-refractivity contribution >= 4 is 17.7 Å². The van der Waals surface area contributed by atoms with Crippen LogP contribution in [-0.4, -0.2) is 28.3 Å². The van der Waals surface area contributed by atoms with Gasteiger partial charge in [0.05, 0.1) is 5.69 Å². The van der Waals surface area contributed by atoms with Crippen molar-refractivity contribution in [2.45, 2.75) is 39.7 Å². The highest BCUT2D eigenvalue weighted by atomic mass is 35.5. The zero-order chi connectivity index (χ0) is 19.3. The number of benzene rings is 1. The van der Waals surface area contributed by atoms with Crippen molar-refractivity contribution in [3.8, 4) is 17.0 Å². The zero-order valence-electron chi connectivity index (χ0n) is 15.5. The SMILES string of the molecule is Cc1cc(-c2ccnc(Cl)n2)ccc1OCC(C)(CC(C)C)OC(N)=O. The van der Waals surface area contributed by atoms with Gasteiger partial charge in [-0.1, -0.05) is 13.8 Å². The van der Waals surface area contributed by atoms with Gasteiger partial charge in [0.15, 0.2) is 0 Å². The number of carbonyl (C=O) groups excluding carboxylic acids is 1. The first kappa shape index (κ1) is 20.0. The lowest BCUT2D eigenvalue weighted by Gasteiger charge is -2.30. The van der Waals surface area contributed by atoms with E-state index in [4.69, 9.17) is 26.8 Å². The molecule has 1 unspecified atom stereocenters. The van der Waals surface area contributed by atoms with Gasteiger partial charge in [-0.2, -0.15) is 0 Å². The molecule has 0 saturated carbocycles. The van der Waals surface area contributed by atoms with E-state index in [2.05, 4.69) is 23.8 Å². The molecule has 7 heteroatoms. The number of nitrogens with two attached hydrogens (primary N) is 1. The van der Waals surface area contributed by atoms with E-state index in [9.17, 15) is 4.79 Å². The van der Waals surface area contributed by atoms with Crippen molar-refractivity contribution in [2.24, 2.45) is 11.7 Å². The third-order valence-corrected chi connectivity index (χ3v) is 4.00. The van der Waals surface area contributed by atoms with Crippen LogP contribution in [0.5, 0.6) is 5.75 Å². The van der Waals surface area contributed by atoms with E-state index in [1.165, 1.54) is 0 Å². The Morgan fingerprint density at radius 1 is 1.35 bits per heavy atom. The van der Waals surface area contributed by atoms with Crippen LogP contribution in [0.15, 0.2) is 30.5 Å². The quantitative estimate of drug-likeness (QED) is 0.723. The summed E-state index contributed by atoms with van der Waals surface area (Å²) >= 11 is 5.85. The molecule has 0 saturated heterocycles. The highest BCUT2D eigenvalue weighted by Crippen LogP contribution is 2.28. The van der Waals surface area contributed by atoms with Crippen LogP contribution >= 0.6 is 11.6 Å². The summed E-state index contributed by atoms with van der Waals surface area (Å²) in [5.74, 6) is 1.03. The minimum absolute atomic E-state index is 0.202. The third kappa shape index (κ3) is 5.59. The summed E-state index contributed by atoms with van der Waals surface area (Å²) in [5.41, 5.74) is 7.01. The first-order valence-corrected chi connectivity index (χ1v) is 8.77. The number of aromatic nitrogens is 2. The van der Waals surface area contributed by atoms with Crippen LogP contribution < -0.4 is 10.5 Å². The fourth-order valence-electron chi connectivity index (χ4n) is 2.93. The summed E-state index contributed by atoms with van der Waals surface area (Å²) in [6, 6.07) is 7.51. The molecule has 26 heavy (non-hydrogen) atoms. The maximum absolute atomic E-state index is 11.2. The summed E-state index contributed by atoms with van der Waals surface area (Å²) in [5, 5.41) is 0.202. The van der Waals surface area contributed by atoms with Crippen molar-refractivity contribution in [2.75, 3.05) is 6.61 Å². The minimum atomic E-state index is -0.801. The lowest BCUT2D eigenvalue weighted by Crippen LogP contribution is -2.41. The first-order valence-electron chi connectivity index (χ1n) is 8.39. The van der Waals surface area contributed by atoms with Crippen molar-refractivity contribution in [1.82, 2.24) is 9.97 Å². The Morgan fingerprint density at radius 3 is 2.65 bits per heavy atom. The van der Waals surface area contributed by atoms with E-state index in [1.54, 1.807) is 12.3 Å². The van der Waals surface area contributed by atoms with Crippen molar-refractivity contribution in [1.29, 1.82) is 0 Å². The molecule has 1 heterocycles. The number of aryl methyl sites for hydroxylation is 1. The Kier molecular flexibility index (Phi) is 6.42. The topological polar surface area (TPSA) is 87.3 Å². The van der Waals surface area contributed by atoms with E-state index >= 15 is 0 Å². The summed E-state index contributed by atoms with van der Waals surface area (Å²) in [7, 11) is 0. The summed E-state index contributed by atoms with van der Waals surface area (Å²) in [6.45, 7) is 8.08. The van der Waals surface area contributed by atoms with Crippen LogP contribution in [0.1, 0.15) is 32.8 Å². The fourth-order valence-corrected chi connectivity index (χ4v) is 3.08. The number of rotatable bonds is 7. The van der Waals surface area contributed by atoms with Crippen LogP contribution in [0.4, 0.5) is 4.79 Å². The predicted octanol–water partition coefficient (Wildman–Crippen LogP) is 4.38. The summed E-state index contributed by atoms with van der Waals surface area (Å²) in [6.07, 6.45) is 1.46. The molecule has 0 aliphatic heterocycles. The van der Waals surface area contributed by atoms with Gasteiger partial charge in [0.25, 0.3) is 0 Å². The molecule has 0 radical (unpaired) electrons. The highest BCUT2D eigenvalue weighted by Gasteiger charge is 2.30. The molecule has 2 N–H and O–H groups in total. The number of ether oxygens (including phenoxy) is 2. The fraction of sp³-hybridized carbons (Fsp3) is 0.421. The number of amides is 1. The molecule has 2 aromatic rings. The van der Waals surface area contributed by atoms with Gasteiger partial charge in [-0.25, -0.2) is 14.8 Å². The monoisotopic (exact) mass is 377 g/mol. The second-order valence-electron chi connectivity index (χ2n) is 6.95. The number of hydrogen-bond donors (Lipinski definition) is 1. The lowest BCUT2D eigenvalue weighted by molar-refractivity contribution is -0.0187. The first-order chi connectivity index (χ1) is 12.2. The van der Waals surface area contributed by atoms with Gasteiger partial charge in [0, 0.05) is 11.8 Å². The molecule has 0 aliphatic carbocycles. The second-order valence-corrected chi connectivity index (χ2v) is 7.29. The van der Waals surface area contributed by atoms with Crippen molar-refractivity contribution < 1.29 is 14.3 Å². The number of primary amides is 1. The van der Waals surface area contributed by atoms with Crippen LogP contribution in [0.2, 0.25) is 5.28 Å². The Balaban J connectivity index is 2.15. The molecule has 0 bridgehead atoms. The second kappa shape index (κ2) is 8.36. The molecule has 1 amide bonds. The molecular formula is C19H24ClN3O3. The Labute approximate surface area is 158 Å². The van der Waals surface area contributed by atoms with Gasteiger partial charge < -0.3 is 15.2 Å². The zero-order valence-corrected chi connectivity index (χ0v) is 16.2. The number of nitrogens with zero attached hydrogens (tertiary/aromatic N) is 2.